The Morgan fingerprint density at radius 2 is 1.73 bits per heavy atom. The number of aromatic nitrogens is 4. The molecule has 5 rings (SSSR count). The molecule has 8 nitrogen and oxygen atoms in total. The quantitative estimate of drug-likeness (QED) is 0.266. The van der Waals surface area contributed by atoms with E-state index < -0.39 is 10.6 Å². The monoisotopic (exact) mass is 477 g/mol. The molecule has 0 fully saturated rings. The highest BCUT2D eigenvalue weighted by molar-refractivity contribution is 6.36. The summed E-state index contributed by atoms with van der Waals surface area (Å²) in [6.45, 7) is 0. The molecule has 2 aromatic carbocycles. The van der Waals surface area contributed by atoms with Crippen LogP contribution in [0, 0.1) is 10.1 Å². The van der Waals surface area contributed by atoms with Crippen molar-refractivity contribution in [1.82, 2.24) is 19.4 Å². The van der Waals surface area contributed by atoms with Crippen LogP contribution in [0.1, 0.15) is 0 Å². The average molecular weight is 478 g/mol. The summed E-state index contributed by atoms with van der Waals surface area (Å²) in [5.41, 5.74) is 2.27. The Balaban J connectivity index is 1.81. The third kappa shape index (κ3) is 3.75. The third-order valence-electron chi connectivity index (χ3n) is 5.09. The van der Waals surface area contributed by atoms with Gasteiger partial charge in [-0.15, -0.1) is 0 Å². The lowest BCUT2D eigenvalue weighted by atomic mass is 10.1. The normalized spacial score (nSPS) is 11.1. The molecule has 0 aliphatic rings. The molecule has 0 spiro atoms. The maximum atomic E-state index is 12.5. The van der Waals surface area contributed by atoms with E-state index in [1.54, 1.807) is 53.1 Å². The number of hydrogen-bond acceptors (Lipinski definition) is 5. The van der Waals surface area contributed by atoms with Crippen LogP contribution in [0.4, 0.5) is 5.69 Å². The summed E-state index contributed by atoms with van der Waals surface area (Å²) in [5.74, 6) is 0. The summed E-state index contributed by atoms with van der Waals surface area (Å²) >= 11 is 12.5. The molecule has 0 atom stereocenters. The second-order valence-corrected chi connectivity index (χ2v) is 7.97. The first-order valence-electron chi connectivity index (χ1n) is 9.70. The molecular formula is C23H13Cl2N5O3. The van der Waals surface area contributed by atoms with Gasteiger partial charge in [-0.25, -0.2) is 9.78 Å². The maximum absolute atomic E-state index is 12.5. The molecule has 0 saturated heterocycles. The van der Waals surface area contributed by atoms with Crippen LogP contribution in [-0.4, -0.2) is 24.3 Å². The molecule has 0 amide bonds. The summed E-state index contributed by atoms with van der Waals surface area (Å²) in [7, 11) is 0. The number of para-hydroxylation sites is 1. The number of nitrogens with zero attached hydrogens (tertiary/aromatic N) is 4. The number of H-pyrrole nitrogens is 1. The van der Waals surface area contributed by atoms with Crippen LogP contribution in [0.5, 0.6) is 0 Å². The van der Waals surface area contributed by atoms with E-state index in [0.29, 0.717) is 38.3 Å². The van der Waals surface area contributed by atoms with E-state index in [-0.39, 0.29) is 16.9 Å². The van der Waals surface area contributed by atoms with E-state index in [1.807, 2.05) is 18.2 Å². The first-order chi connectivity index (χ1) is 15.9. The van der Waals surface area contributed by atoms with Gasteiger partial charge in [0.15, 0.2) is 0 Å². The summed E-state index contributed by atoms with van der Waals surface area (Å²) < 4.78 is 1.80. The lowest BCUT2D eigenvalue weighted by molar-refractivity contribution is -0.384. The first kappa shape index (κ1) is 20.9. The lowest BCUT2D eigenvalue weighted by Gasteiger charge is -2.09. The zero-order valence-electron chi connectivity index (χ0n) is 16.7. The predicted octanol–water partition coefficient (Wildman–Crippen LogP) is 5.63. The third-order valence-corrected chi connectivity index (χ3v) is 5.64. The molecule has 0 unspecified atom stereocenters. The van der Waals surface area contributed by atoms with Gasteiger partial charge in [0.05, 0.1) is 32.6 Å². The van der Waals surface area contributed by atoms with E-state index >= 15 is 0 Å². The highest BCUT2D eigenvalue weighted by Gasteiger charge is 2.22. The number of aromatic amines is 1. The van der Waals surface area contributed by atoms with Crippen molar-refractivity contribution in [2.45, 2.75) is 0 Å². The van der Waals surface area contributed by atoms with Gasteiger partial charge in [-0.1, -0.05) is 41.4 Å². The Morgan fingerprint density at radius 3 is 2.52 bits per heavy atom. The zero-order valence-corrected chi connectivity index (χ0v) is 18.2. The molecule has 10 heteroatoms. The molecule has 0 saturated carbocycles. The van der Waals surface area contributed by atoms with E-state index in [2.05, 4.69) is 9.97 Å². The Kier molecular flexibility index (Phi) is 5.16. The SMILES string of the molecule is O=c1nc(-c2ccccc2[N+](=O)[O-])cc(-c2c(-c3ccc(Cl)cc3Cl)nc3ccccn23)[nH]1. The van der Waals surface area contributed by atoms with Gasteiger partial charge in [0.1, 0.15) is 11.3 Å². The largest absolute Gasteiger partial charge is 0.346 e. The number of pyridine rings is 1. The van der Waals surface area contributed by atoms with Crippen LogP contribution in [0.25, 0.3) is 39.5 Å². The number of nitrogens with one attached hydrogen (secondary N) is 1. The fourth-order valence-corrected chi connectivity index (χ4v) is 4.19. The number of nitro groups is 1. The van der Waals surface area contributed by atoms with Crippen molar-refractivity contribution in [3.8, 4) is 33.9 Å². The first-order valence-corrected chi connectivity index (χ1v) is 10.5. The van der Waals surface area contributed by atoms with Gasteiger partial charge in [-0.2, -0.15) is 4.98 Å². The summed E-state index contributed by atoms with van der Waals surface area (Å²) in [4.78, 5) is 35.0. The molecule has 0 aliphatic heterocycles. The Labute approximate surface area is 196 Å². The summed E-state index contributed by atoms with van der Waals surface area (Å²) in [6, 6.07) is 18.3. The minimum absolute atomic E-state index is 0.152. The number of imidazole rings is 1. The van der Waals surface area contributed by atoms with E-state index in [0.717, 1.165) is 0 Å². The smallest absolute Gasteiger partial charge is 0.304 e. The van der Waals surface area contributed by atoms with Gasteiger partial charge in [0, 0.05) is 22.8 Å². The predicted molar refractivity (Wildman–Crippen MR) is 127 cm³/mol. The van der Waals surface area contributed by atoms with Crippen LogP contribution >= 0.6 is 23.2 Å². The van der Waals surface area contributed by atoms with Crippen LogP contribution in [0.3, 0.4) is 0 Å². The molecular weight excluding hydrogens is 465 g/mol. The molecule has 5 aromatic rings. The molecule has 1 N–H and O–H groups in total. The van der Waals surface area contributed by atoms with Crippen molar-refractivity contribution in [1.29, 1.82) is 0 Å². The second-order valence-electron chi connectivity index (χ2n) is 7.12. The topological polar surface area (TPSA) is 106 Å². The van der Waals surface area contributed by atoms with Crippen molar-refractivity contribution < 1.29 is 4.92 Å². The maximum Gasteiger partial charge on any atom is 0.346 e. The van der Waals surface area contributed by atoms with Gasteiger partial charge in [0.2, 0.25) is 0 Å². The number of hydrogen-bond donors (Lipinski definition) is 1. The van der Waals surface area contributed by atoms with Gasteiger partial charge in [-0.3, -0.25) is 14.5 Å². The van der Waals surface area contributed by atoms with Crippen molar-refractivity contribution in [3.63, 3.8) is 0 Å². The van der Waals surface area contributed by atoms with E-state index in [9.17, 15) is 14.9 Å². The molecule has 0 aliphatic carbocycles. The van der Waals surface area contributed by atoms with Crippen molar-refractivity contribution >= 4 is 34.5 Å². The van der Waals surface area contributed by atoms with Crippen molar-refractivity contribution in [2.75, 3.05) is 0 Å². The number of benzene rings is 2. The molecule has 3 aromatic heterocycles. The van der Waals surface area contributed by atoms with Crippen molar-refractivity contribution in [2.24, 2.45) is 0 Å². The highest BCUT2D eigenvalue weighted by Crippen LogP contribution is 2.37. The van der Waals surface area contributed by atoms with E-state index in [4.69, 9.17) is 28.2 Å². The standard InChI is InChI=1S/C23H13Cl2N5O3/c24-13-8-9-14(16(25)11-13)21-22(29-10-4-3-7-20(29)28-21)18-12-17(26-23(31)27-18)15-5-1-2-6-19(15)30(32)33/h1-12H,(H,26,27,31). The lowest BCUT2D eigenvalue weighted by Crippen LogP contribution is -2.13. The summed E-state index contributed by atoms with van der Waals surface area (Å²) in [6.07, 6.45) is 1.80. The number of nitro benzene ring substituents is 1. The fourth-order valence-electron chi connectivity index (χ4n) is 3.70. The minimum Gasteiger partial charge on any atom is -0.304 e. The average Bonchev–Trinajstić information content (AvgIpc) is 3.18. The van der Waals surface area contributed by atoms with Crippen LogP contribution in [-0.2, 0) is 0 Å². The molecule has 33 heavy (non-hydrogen) atoms. The molecule has 0 bridgehead atoms. The molecule has 3 heterocycles. The van der Waals surface area contributed by atoms with Gasteiger partial charge in [0.25, 0.3) is 5.69 Å². The molecule has 162 valence electrons. The Morgan fingerprint density at radius 1 is 0.939 bits per heavy atom. The number of rotatable bonds is 4. The van der Waals surface area contributed by atoms with Crippen LogP contribution < -0.4 is 5.69 Å². The zero-order chi connectivity index (χ0) is 23.1. The van der Waals surface area contributed by atoms with Gasteiger partial charge >= 0.3 is 5.69 Å². The van der Waals surface area contributed by atoms with E-state index in [1.165, 1.54) is 6.07 Å². The number of halogens is 2. The Bertz CT molecular complexity index is 1610. The van der Waals surface area contributed by atoms with Crippen LogP contribution in [0.15, 0.2) is 77.7 Å². The molecule has 0 radical (unpaired) electrons. The Hall–Kier alpha value is -4.01. The van der Waals surface area contributed by atoms with Gasteiger partial charge in [-0.05, 0) is 42.5 Å². The van der Waals surface area contributed by atoms with Gasteiger partial charge < -0.3 is 4.98 Å². The fraction of sp³-hybridized carbons (Fsp3) is 0. The minimum atomic E-state index is -0.653. The van der Waals surface area contributed by atoms with Crippen molar-refractivity contribution in [3.05, 3.63) is 104 Å². The highest BCUT2D eigenvalue weighted by atomic mass is 35.5. The van der Waals surface area contributed by atoms with Crippen LogP contribution in [0.2, 0.25) is 10.0 Å². The summed E-state index contributed by atoms with van der Waals surface area (Å²) in [5, 5.41) is 12.4. The second kappa shape index (κ2) is 8.16. The number of fused-ring (bicyclic) bond motifs is 1.